The summed E-state index contributed by atoms with van der Waals surface area (Å²) in [5, 5.41) is 2.90. The molecular formula is C25H35N3O4S. The monoisotopic (exact) mass is 473 g/mol. The lowest BCUT2D eigenvalue weighted by Crippen LogP contribution is -2.48. The van der Waals surface area contributed by atoms with Crippen molar-refractivity contribution in [1.82, 2.24) is 10.2 Å². The molecule has 0 radical (unpaired) electrons. The highest BCUT2D eigenvalue weighted by atomic mass is 32.2. The average Bonchev–Trinajstić information content (AvgIpc) is 2.79. The highest BCUT2D eigenvalue weighted by Crippen LogP contribution is 2.27. The van der Waals surface area contributed by atoms with Crippen LogP contribution in [0.25, 0.3) is 0 Å². The molecule has 2 aromatic carbocycles. The van der Waals surface area contributed by atoms with Crippen molar-refractivity contribution in [1.29, 1.82) is 0 Å². The molecule has 0 aliphatic carbocycles. The Morgan fingerprint density at radius 1 is 1.09 bits per heavy atom. The Labute approximate surface area is 197 Å². The van der Waals surface area contributed by atoms with Crippen LogP contribution in [0.1, 0.15) is 33.1 Å². The fourth-order valence-electron chi connectivity index (χ4n) is 4.04. The maximum atomic E-state index is 12.8. The van der Waals surface area contributed by atoms with E-state index in [0.717, 1.165) is 42.5 Å². The first-order chi connectivity index (χ1) is 15.7. The Bertz CT molecular complexity index is 988. The molecule has 8 heteroatoms. The summed E-state index contributed by atoms with van der Waals surface area (Å²) in [6.07, 6.45) is 4.41. The molecule has 180 valence electrons. The molecule has 1 fully saturated rings. The second kappa shape index (κ2) is 11.5. The predicted octanol–water partition coefficient (Wildman–Crippen LogP) is 3.87. The molecule has 1 aliphatic rings. The largest absolute Gasteiger partial charge is 0.457 e. The number of nitrogens with zero attached hydrogens (tertiary/aromatic N) is 2. The van der Waals surface area contributed by atoms with E-state index in [1.165, 1.54) is 12.8 Å². The van der Waals surface area contributed by atoms with Gasteiger partial charge in [0.2, 0.25) is 15.9 Å². The van der Waals surface area contributed by atoms with E-state index in [-0.39, 0.29) is 5.91 Å². The van der Waals surface area contributed by atoms with Crippen LogP contribution in [0.5, 0.6) is 11.5 Å². The van der Waals surface area contributed by atoms with Gasteiger partial charge in [0, 0.05) is 6.54 Å². The van der Waals surface area contributed by atoms with E-state index in [2.05, 4.69) is 17.1 Å². The van der Waals surface area contributed by atoms with E-state index < -0.39 is 16.1 Å². The number of amides is 1. The first-order valence-corrected chi connectivity index (χ1v) is 13.4. The number of likely N-dealkylation sites (tertiary alicyclic amines) is 1. The molecule has 1 N–H and O–H groups in total. The molecule has 1 saturated heterocycles. The third-order valence-corrected chi connectivity index (χ3v) is 7.23. The Hall–Kier alpha value is -2.58. The van der Waals surface area contributed by atoms with E-state index in [1.807, 2.05) is 30.3 Å². The number of rotatable bonds is 10. The Morgan fingerprint density at radius 2 is 1.70 bits per heavy atom. The number of benzene rings is 2. The summed E-state index contributed by atoms with van der Waals surface area (Å²) in [6.45, 7) is 7.58. The summed E-state index contributed by atoms with van der Waals surface area (Å²) in [4.78, 5) is 15.2. The third-order valence-electron chi connectivity index (χ3n) is 5.99. The van der Waals surface area contributed by atoms with Crippen LogP contribution in [0.4, 0.5) is 5.69 Å². The Morgan fingerprint density at radius 3 is 2.30 bits per heavy atom. The van der Waals surface area contributed by atoms with Crippen molar-refractivity contribution in [2.45, 2.75) is 39.2 Å². The van der Waals surface area contributed by atoms with E-state index in [4.69, 9.17) is 4.74 Å². The van der Waals surface area contributed by atoms with Gasteiger partial charge in [-0.2, -0.15) is 0 Å². The second-order valence-corrected chi connectivity index (χ2v) is 10.7. The topological polar surface area (TPSA) is 79.0 Å². The third kappa shape index (κ3) is 7.47. The SMILES string of the molecule is CC1CCN(CCCNC(=O)C(C)N(c2ccc(Oc3ccccc3)cc2)S(C)(=O)=O)CC1. The summed E-state index contributed by atoms with van der Waals surface area (Å²) in [5.41, 5.74) is 0.419. The lowest BCUT2D eigenvalue weighted by Gasteiger charge is -2.30. The number of piperidine rings is 1. The van der Waals surface area contributed by atoms with E-state index in [0.29, 0.717) is 23.7 Å². The standard InChI is InChI=1S/C25H35N3O4S/c1-20-14-18-27(19-15-20)17-7-16-26-25(29)21(2)28(33(3,30)31)22-10-12-24(13-11-22)32-23-8-5-4-6-9-23/h4-6,8-13,20-21H,7,14-19H2,1-3H3,(H,26,29). The molecule has 3 rings (SSSR count). The van der Waals surface area contributed by atoms with Crippen LogP contribution in [0, 0.1) is 5.92 Å². The molecule has 1 atom stereocenters. The first kappa shape index (κ1) is 25.1. The van der Waals surface area contributed by atoms with Gasteiger partial charge in [0.1, 0.15) is 17.5 Å². The fourth-order valence-corrected chi connectivity index (χ4v) is 5.22. The number of para-hydroxylation sites is 1. The van der Waals surface area contributed by atoms with Crippen molar-refractivity contribution in [2.75, 3.05) is 36.7 Å². The molecule has 0 bridgehead atoms. The molecule has 1 aliphatic heterocycles. The zero-order valence-corrected chi connectivity index (χ0v) is 20.6. The van der Waals surface area contributed by atoms with E-state index >= 15 is 0 Å². The molecule has 1 unspecified atom stereocenters. The van der Waals surface area contributed by atoms with Crippen LogP contribution in [0.2, 0.25) is 0 Å². The van der Waals surface area contributed by atoms with Crippen molar-refractivity contribution in [3.05, 3.63) is 54.6 Å². The van der Waals surface area contributed by atoms with Crippen molar-refractivity contribution in [3.63, 3.8) is 0 Å². The molecular weight excluding hydrogens is 438 g/mol. The van der Waals surface area contributed by atoms with Crippen molar-refractivity contribution in [3.8, 4) is 11.5 Å². The van der Waals surface area contributed by atoms with Crippen LogP contribution in [-0.4, -0.2) is 57.7 Å². The maximum absolute atomic E-state index is 12.8. The van der Waals surface area contributed by atoms with Crippen molar-refractivity contribution >= 4 is 21.6 Å². The molecule has 1 amide bonds. The van der Waals surface area contributed by atoms with Gasteiger partial charge in [-0.05, 0) is 88.1 Å². The number of ether oxygens (including phenoxy) is 1. The van der Waals surface area contributed by atoms with Crippen LogP contribution < -0.4 is 14.4 Å². The molecule has 1 heterocycles. The van der Waals surface area contributed by atoms with Crippen LogP contribution >= 0.6 is 0 Å². The molecule has 0 saturated carbocycles. The number of hydrogen-bond donors (Lipinski definition) is 1. The zero-order valence-electron chi connectivity index (χ0n) is 19.7. The zero-order chi connectivity index (χ0) is 23.8. The first-order valence-electron chi connectivity index (χ1n) is 11.6. The highest BCUT2D eigenvalue weighted by Gasteiger charge is 2.29. The number of carbonyl (C=O) groups excluding carboxylic acids is 1. The average molecular weight is 474 g/mol. The van der Waals surface area contributed by atoms with Gasteiger partial charge < -0.3 is 15.0 Å². The van der Waals surface area contributed by atoms with Gasteiger partial charge in [-0.3, -0.25) is 9.10 Å². The summed E-state index contributed by atoms with van der Waals surface area (Å²) in [6, 6.07) is 15.2. The minimum Gasteiger partial charge on any atom is -0.457 e. The van der Waals surface area contributed by atoms with Gasteiger partial charge in [0.15, 0.2) is 0 Å². The Kier molecular flexibility index (Phi) is 8.74. The quantitative estimate of drug-likeness (QED) is 0.530. The lowest BCUT2D eigenvalue weighted by molar-refractivity contribution is -0.121. The van der Waals surface area contributed by atoms with Crippen molar-refractivity contribution in [2.24, 2.45) is 5.92 Å². The summed E-state index contributed by atoms with van der Waals surface area (Å²) in [7, 11) is -3.66. The number of carbonyl (C=O) groups is 1. The number of sulfonamides is 1. The maximum Gasteiger partial charge on any atom is 0.243 e. The van der Waals surface area contributed by atoms with Gasteiger partial charge in [-0.15, -0.1) is 0 Å². The van der Waals surface area contributed by atoms with Gasteiger partial charge in [0.05, 0.1) is 11.9 Å². The van der Waals surface area contributed by atoms with Gasteiger partial charge in [-0.25, -0.2) is 8.42 Å². The number of hydrogen-bond acceptors (Lipinski definition) is 5. The fraction of sp³-hybridized carbons (Fsp3) is 0.480. The van der Waals surface area contributed by atoms with Crippen LogP contribution in [0.15, 0.2) is 54.6 Å². The molecule has 0 aromatic heterocycles. The highest BCUT2D eigenvalue weighted by molar-refractivity contribution is 7.92. The van der Waals surface area contributed by atoms with E-state index in [1.54, 1.807) is 31.2 Å². The van der Waals surface area contributed by atoms with Gasteiger partial charge in [-0.1, -0.05) is 25.1 Å². The normalized spacial score (nSPS) is 16.2. The molecule has 2 aromatic rings. The smallest absolute Gasteiger partial charge is 0.243 e. The van der Waals surface area contributed by atoms with Crippen LogP contribution in [0.3, 0.4) is 0 Å². The molecule has 0 spiro atoms. The minimum absolute atomic E-state index is 0.308. The Balaban J connectivity index is 1.56. The summed E-state index contributed by atoms with van der Waals surface area (Å²) >= 11 is 0. The second-order valence-electron chi connectivity index (χ2n) is 8.81. The van der Waals surface area contributed by atoms with Gasteiger partial charge in [0.25, 0.3) is 0 Å². The van der Waals surface area contributed by atoms with E-state index in [9.17, 15) is 13.2 Å². The lowest BCUT2D eigenvalue weighted by atomic mass is 9.99. The van der Waals surface area contributed by atoms with Crippen LogP contribution in [-0.2, 0) is 14.8 Å². The van der Waals surface area contributed by atoms with Gasteiger partial charge >= 0.3 is 0 Å². The minimum atomic E-state index is -3.66. The predicted molar refractivity (Wildman–Crippen MR) is 132 cm³/mol. The summed E-state index contributed by atoms with van der Waals surface area (Å²) < 4.78 is 32.0. The summed E-state index contributed by atoms with van der Waals surface area (Å²) in [5.74, 6) is 1.76. The molecule has 33 heavy (non-hydrogen) atoms. The number of anilines is 1. The number of nitrogens with one attached hydrogen (secondary N) is 1. The molecule has 7 nitrogen and oxygen atoms in total. The van der Waals surface area contributed by atoms with Crippen molar-refractivity contribution < 1.29 is 17.9 Å².